The molecule has 0 atom stereocenters. The van der Waals surface area contributed by atoms with E-state index in [-0.39, 0.29) is 12.5 Å². The minimum Gasteiger partial charge on any atom is -0.356 e. The Hall–Kier alpha value is -3.94. The standard InChI is InChI=1S/C23H23N5O3/c1-26-15-18(20(29)25-13-16-8-10-24-11-9-16)12-19-21(26)27(2)23(31)28(22(19)30)14-17-6-4-3-5-7-17/h3-12H,13-15H2,1-2H3,(H,25,29). The maximum Gasteiger partial charge on any atom is 0.332 e. The maximum absolute atomic E-state index is 13.2. The van der Waals surface area contributed by atoms with Crippen LogP contribution in [-0.2, 0) is 24.9 Å². The number of carbonyl (C=O) groups is 1. The van der Waals surface area contributed by atoms with Crippen LogP contribution in [0, 0.1) is 0 Å². The summed E-state index contributed by atoms with van der Waals surface area (Å²) in [5, 5.41) is 2.88. The SMILES string of the molecule is CN1CC(C(=O)NCc2ccncc2)=Cc2c1n(C)c(=O)n(Cc1ccccc1)c2=O. The second-order valence-corrected chi connectivity index (χ2v) is 7.52. The van der Waals surface area contributed by atoms with Crippen LogP contribution in [0.5, 0.6) is 0 Å². The Balaban J connectivity index is 1.69. The molecule has 31 heavy (non-hydrogen) atoms. The van der Waals surface area contributed by atoms with E-state index in [9.17, 15) is 14.4 Å². The quantitative estimate of drug-likeness (QED) is 0.673. The highest BCUT2D eigenvalue weighted by molar-refractivity contribution is 6.00. The lowest BCUT2D eigenvalue weighted by atomic mass is 10.1. The van der Waals surface area contributed by atoms with Gasteiger partial charge in [0.2, 0.25) is 5.91 Å². The van der Waals surface area contributed by atoms with Gasteiger partial charge in [-0.15, -0.1) is 0 Å². The molecule has 0 bridgehead atoms. The number of hydrogen-bond donors (Lipinski definition) is 1. The van der Waals surface area contributed by atoms with Crippen molar-refractivity contribution in [3.05, 3.63) is 98.0 Å². The number of fused-ring (bicyclic) bond motifs is 1. The number of pyridine rings is 1. The molecule has 0 saturated heterocycles. The maximum atomic E-state index is 13.2. The molecule has 3 heterocycles. The second-order valence-electron chi connectivity index (χ2n) is 7.52. The number of carbonyl (C=O) groups excluding carboxylic acids is 1. The van der Waals surface area contributed by atoms with Crippen LogP contribution >= 0.6 is 0 Å². The van der Waals surface area contributed by atoms with E-state index in [2.05, 4.69) is 10.3 Å². The number of rotatable bonds is 5. The lowest BCUT2D eigenvalue weighted by Crippen LogP contribution is -2.45. The van der Waals surface area contributed by atoms with Gasteiger partial charge in [0.25, 0.3) is 5.56 Å². The molecule has 3 aromatic rings. The second kappa shape index (κ2) is 8.43. The van der Waals surface area contributed by atoms with Gasteiger partial charge in [0.1, 0.15) is 5.82 Å². The third-order valence-electron chi connectivity index (χ3n) is 5.32. The Morgan fingerprint density at radius 2 is 1.74 bits per heavy atom. The molecule has 8 heteroatoms. The molecule has 1 amide bonds. The summed E-state index contributed by atoms with van der Waals surface area (Å²) >= 11 is 0. The number of aromatic nitrogens is 3. The van der Waals surface area contributed by atoms with Crippen LogP contribution in [-0.4, -0.2) is 33.6 Å². The summed E-state index contributed by atoms with van der Waals surface area (Å²) in [4.78, 5) is 44.6. The first-order chi connectivity index (χ1) is 15.0. The number of nitrogens with one attached hydrogen (secondary N) is 1. The van der Waals surface area contributed by atoms with Gasteiger partial charge in [-0.3, -0.25) is 23.7 Å². The van der Waals surface area contributed by atoms with Crippen molar-refractivity contribution in [1.29, 1.82) is 0 Å². The van der Waals surface area contributed by atoms with E-state index in [4.69, 9.17) is 0 Å². The third-order valence-corrected chi connectivity index (χ3v) is 5.32. The zero-order chi connectivity index (χ0) is 22.0. The van der Waals surface area contributed by atoms with Crippen molar-refractivity contribution >= 4 is 17.8 Å². The van der Waals surface area contributed by atoms with Gasteiger partial charge in [0, 0.05) is 45.2 Å². The molecule has 2 aromatic heterocycles. The van der Waals surface area contributed by atoms with Crippen LogP contribution in [0.25, 0.3) is 6.08 Å². The van der Waals surface area contributed by atoms with Crippen LogP contribution in [0.3, 0.4) is 0 Å². The summed E-state index contributed by atoms with van der Waals surface area (Å²) < 4.78 is 2.66. The van der Waals surface area contributed by atoms with Gasteiger partial charge in [-0.2, -0.15) is 0 Å². The predicted octanol–water partition coefficient (Wildman–Crippen LogP) is 1.14. The Morgan fingerprint density at radius 1 is 1.03 bits per heavy atom. The summed E-state index contributed by atoms with van der Waals surface area (Å²) in [5.41, 5.74) is 1.78. The van der Waals surface area contributed by atoms with E-state index in [1.807, 2.05) is 42.5 Å². The predicted molar refractivity (Wildman–Crippen MR) is 119 cm³/mol. The van der Waals surface area contributed by atoms with E-state index >= 15 is 0 Å². The van der Waals surface area contributed by atoms with Crippen molar-refractivity contribution in [3.8, 4) is 0 Å². The Kier molecular flexibility index (Phi) is 5.53. The van der Waals surface area contributed by atoms with Gasteiger partial charge in [-0.25, -0.2) is 4.79 Å². The van der Waals surface area contributed by atoms with E-state index in [1.54, 1.807) is 37.5 Å². The Morgan fingerprint density at radius 3 is 2.45 bits per heavy atom. The Labute approximate surface area is 179 Å². The molecule has 0 radical (unpaired) electrons. The molecule has 158 valence electrons. The summed E-state index contributed by atoms with van der Waals surface area (Å²) in [6.07, 6.45) is 4.93. The first kappa shape index (κ1) is 20.3. The normalized spacial score (nSPS) is 12.8. The van der Waals surface area contributed by atoms with Crippen LogP contribution in [0.4, 0.5) is 5.82 Å². The molecule has 0 saturated carbocycles. The molecule has 1 aliphatic rings. The lowest BCUT2D eigenvalue weighted by Gasteiger charge is -2.29. The van der Waals surface area contributed by atoms with E-state index in [1.165, 1.54) is 9.13 Å². The molecule has 0 aliphatic carbocycles. The smallest absolute Gasteiger partial charge is 0.332 e. The van der Waals surface area contributed by atoms with Crippen molar-refractivity contribution in [2.24, 2.45) is 7.05 Å². The third kappa shape index (κ3) is 4.05. The van der Waals surface area contributed by atoms with Gasteiger partial charge in [0.05, 0.1) is 12.1 Å². The van der Waals surface area contributed by atoms with Gasteiger partial charge < -0.3 is 10.2 Å². The molecular formula is C23H23N5O3. The van der Waals surface area contributed by atoms with E-state index < -0.39 is 11.2 Å². The van der Waals surface area contributed by atoms with Crippen molar-refractivity contribution < 1.29 is 4.79 Å². The fourth-order valence-electron chi connectivity index (χ4n) is 3.76. The average molecular weight is 417 g/mol. The molecule has 8 nitrogen and oxygen atoms in total. The summed E-state index contributed by atoms with van der Waals surface area (Å²) in [6, 6.07) is 13.0. The van der Waals surface area contributed by atoms with Gasteiger partial charge in [-0.05, 0) is 29.3 Å². The lowest BCUT2D eigenvalue weighted by molar-refractivity contribution is -0.117. The molecule has 0 unspecified atom stereocenters. The van der Waals surface area contributed by atoms with Crippen molar-refractivity contribution in [2.45, 2.75) is 13.1 Å². The zero-order valence-corrected chi connectivity index (χ0v) is 17.4. The summed E-state index contributed by atoms with van der Waals surface area (Å²) in [5.74, 6) is 0.252. The van der Waals surface area contributed by atoms with Crippen LogP contribution in [0.15, 0.2) is 70.0 Å². The van der Waals surface area contributed by atoms with E-state index in [0.29, 0.717) is 30.0 Å². The number of likely N-dealkylation sites (N-methyl/N-ethyl adjacent to an activating group) is 1. The molecular weight excluding hydrogens is 394 g/mol. The van der Waals surface area contributed by atoms with Crippen LogP contribution in [0.2, 0.25) is 0 Å². The molecule has 4 rings (SSSR count). The highest BCUT2D eigenvalue weighted by atomic mass is 16.2. The van der Waals surface area contributed by atoms with Crippen molar-refractivity contribution in [1.82, 2.24) is 19.4 Å². The largest absolute Gasteiger partial charge is 0.356 e. The zero-order valence-electron chi connectivity index (χ0n) is 17.4. The summed E-state index contributed by atoms with van der Waals surface area (Å²) in [7, 11) is 3.41. The van der Waals surface area contributed by atoms with Crippen molar-refractivity contribution in [2.75, 3.05) is 18.5 Å². The molecule has 1 aromatic carbocycles. The number of hydrogen-bond acceptors (Lipinski definition) is 5. The van der Waals surface area contributed by atoms with Crippen LogP contribution in [0.1, 0.15) is 16.7 Å². The monoisotopic (exact) mass is 417 g/mol. The van der Waals surface area contributed by atoms with Crippen molar-refractivity contribution in [3.63, 3.8) is 0 Å². The number of nitrogens with zero attached hydrogens (tertiary/aromatic N) is 4. The molecule has 1 aliphatic heterocycles. The highest BCUT2D eigenvalue weighted by Crippen LogP contribution is 2.23. The van der Waals surface area contributed by atoms with Gasteiger partial charge >= 0.3 is 5.69 Å². The highest BCUT2D eigenvalue weighted by Gasteiger charge is 2.26. The van der Waals surface area contributed by atoms with Gasteiger partial charge in [-0.1, -0.05) is 30.3 Å². The fraction of sp³-hybridized carbons (Fsp3) is 0.217. The minimum atomic E-state index is -0.409. The van der Waals surface area contributed by atoms with Crippen LogP contribution < -0.4 is 21.5 Å². The van der Waals surface area contributed by atoms with E-state index in [0.717, 1.165) is 11.1 Å². The molecule has 0 fully saturated rings. The fourth-order valence-corrected chi connectivity index (χ4v) is 3.76. The summed E-state index contributed by atoms with van der Waals surface area (Å²) in [6.45, 7) is 0.826. The molecule has 0 spiro atoms. The number of amides is 1. The Bertz CT molecular complexity index is 1260. The first-order valence-corrected chi connectivity index (χ1v) is 9.92. The minimum absolute atomic E-state index is 0.167. The molecule has 1 N–H and O–H groups in total. The number of benzene rings is 1. The average Bonchev–Trinajstić information content (AvgIpc) is 2.79. The topological polar surface area (TPSA) is 89.2 Å². The number of anilines is 1. The van der Waals surface area contributed by atoms with Gasteiger partial charge in [0.15, 0.2) is 0 Å². The first-order valence-electron chi connectivity index (χ1n) is 9.92.